The number of carboxylic acids is 1. The van der Waals surface area contributed by atoms with Gasteiger partial charge in [-0.05, 0) is 31.0 Å². The van der Waals surface area contributed by atoms with Crippen molar-refractivity contribution in [2.45, 2.75) is 26.7 Å². The number of aromatic carboxylic acids is 1. The maximum Gasteiger partial charge on any atom is 0.372 e. The molecule has 0 radical (unpaired) electrons. The van der Waals surface area contributed by atoms with Crippen molar-refractivity contribution in [2.75, 3.05) is 0 Å². The smallest absolute Gasteiger partial charge is 0.372 e. The summed E-state index contributed by atoms with van der Waals surface area (Å²) in [6.45, 7) is 3.86. The first kappa shape index (κ1) is 12.0. The molecule has 2 rings (SSSR count). The van der Waals surface area contributed by atoms with Crippen LogP contribution in [0.4, 0.5) is 0 Å². The number of halogens is 1. The molecule has 0 fully saturated rings. The molecule has 17 heavy (non-hydrogen) atoms. The molecule has 2 aromatic rings. The summed E-state index contributed by atoms with van der Waals surface area (Å²) in [5, 5.41) is 10.5. The lowest BCUT2D eigenvalue weighted by molar-refractivity contribution is 0.0663. The Bertz CT molecular complexity index is 584. The number of rotatable bonds is 3. The van der Waals surface area contributed by atoms with Gasteiger partial charge in [-0.2, -0.15) is 0 Å². The van der Waals surface area contributed by atoms with Crippen molar-refractivity contribution in [2.24, 2.45) is 0 Å². The van der Waals surface area contributed by atoms with Gasteiger partial charge in [-0.3, -0.25) is 0 Å². The van der Waals surface area contributed by atoms with Gasteiger partial charge in [0.05, 0.1) is 0 Å². The van der Waals surface area contributed by atoms with Crippen molar-refractivity contribution in [1.82, 2.24) is 0 Å². The van der Waals surface area contributed by atoms with E-state index in [2.05, 4.69) is 0 Å². The van der Waals surface area contributed by atoms with E-state index in [9.17, 15) is 4.79 Å². The zero-order valence-corrected chi connectivity index (χ0v) is 10.5. The quantitative estimate of drug-likeness (QED) is 0.897. The minimum absolute atomic E-state index is 0.0345. The topological polar surface area (TPSA) is 50.4 Å². The predicted molar refractivity (Wildman–Crippen MR) is 66.9 cm³/mol. The third-order valence-electron chi connectivity index (χ3n) is 2.74. The molecule has 1 aromatic carbocycles. The van der Waals surface area contributed by atoms with Crippen LogP contribution in [0.25, 0.3) is 11.0 Å². The first-order chi connectivity index (χ1) is 8.04. The highest BCUT2D eigenvalue weighted by molar-refractivity contribution is 6.31. The molecule has 0 saturated carbocycles. The van der Waals surface area contributed by atoms with E-state index in [4.69, 9.17) is 21.1 Å². The number of carbonyl (C=O) groups is 1. The lowest BCUT2D eigenvalue weighted by atomic mass is 10.0. The van der Waals surface area contributed by atoms with Gasteiger partial charge in [-0.25, -0.2) is 4.79 Å². The normalized spacial score (nSPS) is 11.0. The standard InChI is InChI=1S/C13H13ClO3/c1-3-4-9-10-6-8(14)5-7(2)11(10)17-12(9)13(15)16/h5-6H,3-4H2,1-2H3,(H,15,16). The summed E-state index contributed by atoms with van der Waals surface area (Å²) in [5.41, 5.74) is 2.22. The van der Waals surface area contributed by atoms with Crippen LogP contribution >= 0.6 is 11.6 Å². The SMILES string of the molecule is CCCc1c(C(=O)O)oc2c(C)cc(Cl)cc12. The van der Waals surface area contributed by atoms with Gasteiger partial charge < -0.3 is 9.52 Å². The highest BCUT2D eigenvalue weighted by Gasteiger charge is 2.20. The van der Waals surface area contributed by atoms with Gasteiger partial charge >= 0.3 is 5.97 Å². The van der Waals surface area contributed by atoms with E-state index in [1.165, 1.54) is 0 Å². The van der Waals surface area contributed by atoms with Crippen molar-refractivity contribution in [3.8, 4) is 0 Å². The summed E-state index contributed by atoms with van der Waals surface area (Å²) in [4.78, 5) is 11.1. The Morgan fingerprint density at radius 3 is 2.76 bits per heavy atom. The highest BCUT2D eigenvalue weighted by Crippen LogP contribution is 2.32. The molecule has 0 aliphatic carbocycles. The lowest BCUT2D eigenvalue weighted by Gasteiger charge is -1.98. The van der Waals surface area contributed by atoms with Crippen molar-refractivity contribution in [1.29, 1.82) is 0 Å². The fourth-order valence-electron chi connectivity index (χ4n) is 2.05. The summed E-state index contributed by atoms with van der Waals surface area (Å²) >= 11 is 6.00. The summed E-state index contributed by atoms with van der Waals surface area (Å²) in [5.74, 6) is -0.993. The molecule has 0 aliphatic heterocycles. The van der Waals surface area contributed by atoms with E-state index in [0.717, 1.165) is 22.9 Å². The summed E-state index contributed by atoms with van der Waals surface area (Å²) in [6.07, 6.45) is 1.54. The van der Waals surface area contributed by atoms with Crippen LogP contribution in [0.1, 0.15) is 35.0 Å². The molecule has 1 aromatic heterocycles. The Morgan fingerprint density at radius 1 is 1.47 bits per heavy atom. The molecule has 0 aliphatic rings. The number of hydrogen-bond acceptors (Lipinski definition) is 2. The van der Waals surface area contributed by atoms with Crippen molar-refractivity contribution >= 4 is 28.5 Å². The summed E-state index contributed by atoms with van der Waals surface area (Å²) < 4.78 is 5.44. The molecular formula is C13H13ClO3. The van der Waals surface area contributed by atoms with Crippen LogP contribution in [-0.2, 0) is 6.42 Å². The molecule has 0 amide bonds. The minimum atomic E-state index is -1.03. The lowest BCUT2D eigenvalue weighted by Crippen LogP contribution is -1.98. The van der Waals surface area contributed by atoms with Gasteiger partial charge in [0.15, 0.2) is 0 Å². The van der Waals surface area contributed by atoms with Crippen molar-refractivity contribution < 1.29 is 14.3 Å². The Balaban J connectivity index is 2.79. The molecule has 1 N–H and O–H groups in total. The van der Waals surface area contributed by atoms with Gasteiger partial charge in [0, 0.05) is 16.0 Å². The average molecular weight is 253 g/mol. The van der Waals surface area contributed by atoms with Crippen LogP contribution in [0.5, 0.6) is 0 Å². The van der Waals surface area contributed by atoms with E-state index in [-0.39, 0.29) is 5.76 Å². The van der Waals surface area contributed by atoms with E-state index in [1.54, 1.807) is 12.1 Å². The second-order valence-electron chi connectivity index (χ2n) is 4.06. The maximum absolute atomic E-state index is 11.1. The second kappa shape index (κ2) is 4.41. The Labute approximate surface area is 104 Å². The maximum atomic E-state index is 11.1. The molecule has 3 nitrogen and oxygen atoms in total. The predicted octanol–water partition coefficient (Wildman–Crippen LogP) is 4.05. The van der Waals surface area contributed by atoms with E-state index >= 15 is 0 Å². The molecule has 0 saturated heterocycles. The molecule has 1 heterocycles. The Hall–Kier alpha value is -1.48. The van der Waals surface area contributed by atoms with E-state index < -0.39 is 5.97 Å². The van der Waals surface area contributed by atoms with Crippen molar-refractivity contribution in [3.05, 3.63) is 34.0 Å². The molecule has 0 bridgehead atoms. The van der Waals surface area contributed by atoms with Crippen LogP contribution in [0.2, 0.25) is 5.02 Å². The van der Waals surface area contributed by atoms with Crippen LogP contribution in [0.3, 0.4) is 0 Å². The van der Waals surface area contributed by atoms with Gasteiger partial charge in [0.1, 0.15) is 5.58 Å². The van der Waals surface area contributed by atoms with Gasteiger partial charge in [0.25, 0.3) is 0 Å². The Morgan fingerprint density at radius 2 is 2.18 bits per heavy atom. The average Bonchev–Trinajstić information content (AvgIpc) is 2.58. The molecule has 0 unspecified atom stereocenters. The fraction of sp³-hybridized carbons (Fsp3) is 0.308. The number of furan rings is 1. The van der Waals surface area contributed by atoms with Crippen LogP contribution in [-0.4, -0.2) is 11.1 Å². The van der Waals surface area contributed by atoms with Gasteiger partial charge in [0.2, 0.25) is 5.76 Å². The Kier molecular flexibility index (Phi) is 3.11. The van der Waals surface area contributed by atoms with Crippen molar-refractivity contribution in [3.63, 3.8) is 0 Å². The first-order valence-corrected chi connectivity index (χ1v) is 5.87. The minimum Gasteiger partial charge on any atom is -0.475 e. The third-order valence-corrected chi connectivity index (χ3v) is 2.96. The molecule has 4 heteroatoms. The van der Waals surface area contributed by atoms with Crippen LogP contribution in [0.15, 0.2) is 16.5 Å². The zero-order valence-electron chi connectivity index (χ0n) is 9.71. The monoisotopic (exact) mass is 252 g/mol. The third kappa shape index (κ3) is 2.03. The van der Waals surface area contributed by atoms with Crippen LogP contribution in [0, 0.1) is 6.92 Å². The summed E-state index contributed by atoms with van der Waals surface area (Å²) in [7, 11) is 0. The zero-order chi connectivity index (χ0) is 12.6. The van der Waals surface area contributed by atoms with Crippen LogP contribution < -0.4 is 0 Å². The first-order valence-electron chi connectivity index (χ1n) is 5.49. The number of fused-ring (bicyclic) bond motifs is 1. The second-order valence-corrected chi connectivity index (χ2v) is 4.50. The van der Waals surface area contributed by atoms with Gasteiger partial charge in [-0.15, -0.1) is 0 Å². The number of carboxylic acid groups (broad SMARTS) is 1. The van der Waals surface area contributed by atoms with Gasteiger partial charge in [-0.1, -0.05) is 24.9 Å². The number of hydrogen-bond donors (Lipinski definition) is 1. The molecule has 0 spiro atoms. The van der Waals surface area contributed by atoms with E-state index in [1.807, 2.05) is 13.8 Å². The number of aryl methyl sites for hydroxylation is 2. The summed E-state index contributed by atoms with van der Waals surface area (Å²) in [6, 6.07) is 3.54. The number of benzene rings is 1. The molecular weight excluding hydrogens is 240 g/mol. The molecule has 0 atom stereocenters. The molecule has 90 valence electrons. The fourth-order valence-corrected chi connectivity index (χ4v) is 2.32. The van der Waals surface area contributed by atoms with E-state index in [0.29, 0.717) is 17.0 Å². The highest BCUT2D eigenvalue weighted by atomic mass is 35.5. The largest absolute Gasteiger partial charge is 0.475 e.